The molecule has 1 aliphatic carbocycles. The Hall–Kier alpha value is -1.51. The Morgan fingerprint density at radius 1 is 1.42 bits per heavy atom. The van der Waals surface area contributed by atoms with Crippen LogP contribution in [0.25, 0.3) is 0 Å². The molecule has 0 bridgehead atoms. The van der Waals surface area contributed by atoms with Gasteiger partial charge < -0.3 is 9.47 Å². The molecule has 1 aromatic rings. The first-order valence-corrected chi connectivity index (χ1v) is 7.02. The monoisotopic (exact) mass is 260 g/mol. The third-order valence-electron chi connectivity index (χ3n) is 4.35. The maximum absolute atomic E-state index is 12.3. The van der Waals surface area contributed by atoms with Crippen molar-refractivity contribution in [2.75, 3.05) is 7.11 Å². The number of ether oxygens (including phenoxy) is 2. The standard InChI is InChI=1S/C16H20O3/c1-11-4-3-7-16(9-11)10-14(17)13-6-5-12(18-2)8-15(13)19-16/h5-6,8,11H,3-4,7,9-10H2,1-2H3. The second-order valence-corrected chi connectivity index (χ2v) is 5.95. The number of benzene rings is 1. The number of hydrogen-bond acceptors (Lipinski definition) is 3. The van der Waals surface area contributed by atoms with Gasteiger partial charge in [0.2, 0.25) is 0 Å². The minimum absolute atomic E-state index is 0.206. The highest BCUT2D eigenvalue weighted by Gasteiger charge is 2.43. The van der Waals surface area contributed by atoms with Crippen LogP contribution in [0.15, 0.2) is 18.2 Å². The molecule has 1 spiro atoms. The average Bonchev–Trinajstić information content (AvgIpc) is 2.37. The molecule has 1 saturated carbocycles. The van der Waals surface area contributed by atoms with Gasteiger partial charge in [0.05, 0.1) is 19.1 Å². The van der Waals surface area contributed by atoms with Gasteiger partial charge in [0.15, 0.2) is 5.78 Å². The summed E-state index contributed by atoms with van der Waals surface area (Å²) in [6, 6.07) is 5.48. The van der Waals surface area contributed by atoms with Crippen LogP contribution in [0.2, 0.25) is 0 Å². The van der Waals surface area contributed by atoms with E-state index in [0.29, 0.717) is 23.7 Å². The third-order valence-corrected chi connectivity index (χ3v) is 4.35. The fraction of sp³-hybridized carbons (Fsp3) is 0.562. The third kappa shape index (κ3) is 2.22. The maximum atomic E-state index is 12.3. The Morgan fingerprint density at radius 3 is 3.00 bits per heavy atom. The number of carbonyl (C=O) groups is 1. The minimum atomic E-state index is -0.270. The van der Waals surface area contributed by atoms with Crippen LogP contribution in [0.4, 0.5) is 0 Å². The number of rotatable bonds is 1. The second kappa shape index (κ2) is 4.55. The predicted molar refractivity (Wildman–Crippen MR) is 72.9 cm³/mol. The van der Waals surface area contributed by atoms with E-state index in [0.717, 1.165) is 25.0 Å². The molecule has 3 nitrogen and oxygen atoms in total. The SMILES string of the molecule is COc1ccc2c(c1)OC1(CCCC(C)C1)CC2=O. The van der Waals surface area contributed by atoms with Crippen molar-refractivity contribution in [1.82, 2.24) is 0 Å². The summed E-state index contributed by atoms with van der Waals surface area (Å²) >= 11 is 0. The van der Waals surface area contributed by atoms with E-state index in [2.05, 4.69) is 6.92 Å². The number of ketones is 1. The first kappa shape index (κ1) is 12.5. The highest BCUT2D eigenvalue weighted by atomic mass is 16.5. The normalized spacial score (nSPS) is 29.8. The van der Waals surface area contributed by atoms with E-state index in [4.69, 9.17) is 9.47 Å². The van der Waals surface area contributed by atoms with E-state index >= 15 is 0 Å². The molecule has 2 aliphatic rings. The molecule has 0 aromatic heterocycles. The van der Waals surface area contributed by atoms with Crippen LogP contribution < -0.4 is 9.47 Å². The number of carbonyl (C=O) groups excluding carboxylic acids is 1. The number of Topliss-reactive ketones (excluding diaryl/α,β-unsaturated/α-hetero) is 1. The van der Waals surface area contributed by atoms with E-state index < -0.39 is 0 Å². The van der Waals surface area contributed by atoms with E-state index in [1.54, 1.807) is 7.11 Å². The van der Waals surface area contributed by atoms with Crippen LogP contribution >= 0.6 is 0 Å². The summed E-state index contributed by atoms with van der Waals surface area (Å²) in [5.74, 6) is 2.28. The van der Waals surface area contributed by atoms with Gasteiger partial charge in [-0.15, -0.1) is 0 Å². The van der Waals surface area contributed by atoms with Crippen LogP contribution in [0.3, 0.4) is 0 Å². The van der Waals surface area contributed by atoms with Crippen LogP contribution in [0, 0.1) is 5.92 Å². The summed E-state index contributed by atoms with van der Waals surface area (Å²) in [7, 11) is 1.63. The highest BCUT2D eigenvalue weighted by molar-refractivity contribution is 6.00. The lowest BCUT2D eigenvalue weighted by Crippen LogP contribution is -2.45. The number of methoxy groups -OCH3 is 1. The van der Waals surface area contributed by atoms with Crippen LogP contribution in [-0.4, -0.2) is 18.5 Å². The van der Waals surface area contributed by atoms with Crippen molar-refractivity contribution in [3.8, 4) is 11.5 Å². The molecule has 3 heteroatoms. The fourth-order valence-electron chi connectivity index (χ4n) is 3.47. The Labute approximate surface area is 113 Å². The van der Waals surface area contributed by atoms with Crippen LogP contribution in [0.1, 0.15) is 49.4 Å². The van der Waals surface area contributed by atoms with E-state index in [1.807, 2.05) is 18.2 Å². The smallest absolute Gasteiger partial charge is 0.170 e. The van der Waals surface area contributed by atoms with Gasteiger partial charge in [-0.3, -0.25) is 4.79 Å². The Morgan fingerprint density at radius 2 is 2.26 bits per heavy atom. The number of hydrogen-bond donors (Lipinski definition) is 0. The van der Waals surface area contributed by atoms with Crippen LogP contribution in [-0.2, 0) is 0 Å². The molecule has 0 saturated heterocycles. The summed E-state index contributed by atoms with van der Waals surface area (Å²) < 4.78 is 11.5. The molecule has 3 rings (SSSR count). The lowest BCUT2D eigenvalue weighted by atomic mass is 9.74. The molecule has 2 unspecified atom stereocenters. The van der Waals surface area contributed by atoms with Crippen molar-refractivity contribution >= 4 is 5.78 Å². The van der Waals surface area contributed by atoms with Gasteiger partial charge in [0, 0.05) is 6.07 Å². The maximum Gasteiger partial charge on any atom is 0.170 e. The molecule has 102 valence electrons. The molecule has 1 fully saturated rings. The van der Waals surface area contributed by atoms with Crippen molar-refractivity contribution in [3.05, 3.63) is 23.8 Å². The Kier molecular flexibility index (Phi) is 3.00. The summed E-state index contributed by atoms with van der Waals surface area (Å²) in [6.45, 7) is 2.25. The molecule has 0 radical (unpaired) electrons. The largest absolute Gasteiger partial charge is 0.497 e. The molecular weight excluding hydrogens is 240 g/mol. The minimum Gasteiger partial charge on any atom is -0.497 e. The van der Waals surface area contributed by atoms with Crippen molar-refractivity contribution in [2.45, 2.75) is 44.6 Å². The Balaban J connectivity index is 1.95. The molecule has 2 atom stereocenters. The van der Waals surface area contributed by atoms with Crippen molar-refractivity contribution in [2.24, 2.45) is 5.92 Å². The van der Waals surface area contributed by atoms with Crippen molar-refractivity contribution < 1.29 is 14.3 Å². The number of fused-ring (bicyclic) bond motifs is 1. The van der Waals surface area contributed by atoms with Gasteiger partial charge in [-0.1, -0.05) is 13.3 Å². The fourth-order valence-corrected chi connectivity index (χ4v) is 3.47. The van der Waals surface area contributed by atoms with Gasteiger partial charge >= 0.3 is 0 Å². The van der Waals surface area contributed by atoms with Gasteiger partial charge in [-0.25, -0.2) is 0 Å². The summed E-state index contributed by atoms with van der Waals surface area (Å²) in [5, 5.41) is 0. The van der Waals surface area contributed by atoms with Crippen LogP contribution in [0.5, 0.6) is 11.5 Å². The molecule has 1 heterocycles. The summed E-state index contributed by atoms with van der Waals surface area (Å²) in [5.41, 5.74) is 0.429. The molecule has 19 heavy (non-hydrogen) atoms. The predicted octanol–water partition coefficient (Wildman–Crippen LogP) is 3.61. The highest BCUT2D eigenvalue weighted by Crippen LogP contribution is 2.44. The Bertz CT molecular complexity index is 509. The summed E-state index contributed by atoms with van der Waals surface area (Å²) in [6.07, 6.45) is 4.88. The quantitative estimate of drug-likeness (QED) is 0.773. The second-order valence-electron chi connectivity index (χ2n) is 5.95. The van der Waals surface area contributed by atoms with Crippen molar-refractivity contribution in [1.29, 1.82) is 0 Å². The molecular formula is C16H20O3. The molecule has 0 amide bonds. The summed E-state index contributed by atoms with van der Waals surface area (Å²) in [4.78, 5) is 12.3. The van der Waals surface area contributed by atoms with Gasteiger partial charge in [0.1, 0.15) is 17.1 Å². The molecule has 1 aromatic carbocycles. The first-order valence-electron chi connectivity index (χ1n) is 7.02. The van der Waals surface area contributed by atoms with E-state index in [-0.39, 0.29) is 11.4 Å². The zero-order valence-electron chi connectivity index (χ0n) is 11.6. The van der Waals surface area contributed by atoms with Gasteiger partial charge in [-0.2, -0.15) is 0 Å². The molecule has 1 aliphatic heterocycles. The lowest BCUT2D eigenvalue weighted by molar-refractivity contribution is -0.000944. The average molecular weight is 260 g/mol. The topological polar surface area (TPSA) is 35.5 Å². The zero-order valence-corrected chi connectivity index (χ0v) is 11.6. The van der Waals surface area contributed by atoms with E-state index in [9.17, 15) is 4.79 Å². The van der Waals surface area contributed by atoms with E-state index in [1.165, 1.54) is 6.42 Å². The zero-order chi connectivity index (χ0) is 13.5. The lowest BCUT2D eigenvalue weighted by Gasteiger charge is -2.42. The first-order chi connectivity index (χ1) is 9.12. The van der Waals surface area contributed by atoms with Crippen molar-refractivity contribution in [3.63, 3.8) is 0 Å². The van der Waals surface area contributed by atoms with Gasteiger partial charge in [-0.05, 0) is 37.3 Å². The van der Waals surface area contributed by atoms with Gasteiger partial charge in [0.25, 0.3) is 0 Å². The molecule has 0 N–H and O–H groups in total.